The predicted octanol–water partition coefficient (Wildman–Crippen LogP) is 2.62. The van der Waals surface area contributed by atoms with Gasteiger partial charge in [0.15, 0.2) is 0 Å². The summed E-state index contributed by atoms with van der Waals surface area (Å²) in [6.07, 6.45) is 3.72. The lowest BCUT2D eigenvalue weighted by atomic mass is 9.63. The van der Waals surface area contributed by atoms with E-state index in [4.69, 9.17) is 16.3 Å². The molecule has 0 bridgehead atoms. The van der Waals surface area contributed by atoms with Gasteiger partial charge in [0.1, 0.15) is 0 Å². The second-order valence-corrected chi connectivity index (χ2v) is 8.11. The summed E-state index contributed by atoms with van der Waals surface area (Å²) in [5.41, 5.74) is 0.515. The molecule has 1 aromatic rings. The number of amides is 1. The first-order valence-electron chi connectivity index (χ1n) is 8.84. The van der Waals surface area contributed by atoms with Crippen molar-refractivity contribution in [2.45, 2.75) is 31.1 Å². The number of aliphatic hydroxyl groups is 1. The van der Waals surface area contributed by atoms with Crippen molar-refractivity contribution in [3.63, 3.8) is 0 Å². The molecule has 1 aliphatic carbocycles. The highest BCUT2D eigenvalue weighted by atomic mass is 35.5. The summed E-state index contributed by atoms with van der Waals surface area (Å²) in [6.45, 7) is 2.83. The molecule has 1 amide bonds. The number of carbonyl (C=O) groups excluding carboxylic acids is 1. The number of hydrogen-bond acceptors (Lipinski definition) is 3. The second kappa shape index (κ2) is 6.01. The van der Waals surface area contributed by atoms with Gasteiger partial charge in [0.25, 0.3) is 0 Å². The van der Waals surface area contributed by atoms with Gasteiger partial charge in [-0.05, 0) is 37.0 Å². The number of ether oxygens (including phenoxy) is 1. The summed E-state index contributed by atoms with van der Waals surface area (Å²) >= 11 is 6.01. The van der Waals surface area contributed by atoms with Crippen LogP contribution < -0.4 is 0 Å². The minimum absolute atomic E-state index is 0.138. The number of nitrogens with zero attached hydrogens (tertiary/aromatic N) is 1. The smallest absolute Gasteiger partial charge is 0.233 e. The fraction of sp³-hybridized carbons (Fsp3) is 0.632. The third-order valence-electron chi connectivity index (χ3n) is 6.49. The van der Waals surface area contributed by atoms with Gasteiger partial charge in [-0.1, -0.05) is 30.2 Å². The molecule has 0 unspecified atom stereocenters. The van der Waals surface area contributed by atoms with E-state index in [0.717, 1.165) is 31.2 Å². The van der Waals surface area contributed by atoms with Gasteiger partial charge < -0.3 is 14.7 Å². The van der Waals surface area contributed by atoms with Gasteiger partial charge >= 0.3 is 0 Å². The van der Waals surface area contributed by atoms with E-state index in [-0.39, 0.29) is 23.8 Å². The number of hydrogen-bond donors (Lipinski definition) is 1. The first-order valence-corrected chi connectivity index (χ1v) is 9.22. The Bertz CT molecular complexity index is 628. The van der Waals surface area contributed by atoms with Gasteiger partial charge in [-0.15, -0.1) is 0 Å². The number of rotatable bonds is 3. The minimum Gasteiger partial charge on any atom is -0.396 e. The lowest BCUT2D eigenvalue weighted by molar-refractivity contribution is -0.140. The lowest BCUT2D eigenvalue weighted by Gasteiger charge is -2.43. The van der Waals surface area contributed by atoms with Gasteiger partial charge in [-0.25, -0.2) is 0 Å². The number of halogens is 1. The maximum absolute atomic E-state index is 13.4. The average Bonchev–Trinajstić information content (AvgIpc) is 2.95. The van der Waals surface area contributed by atoms with E-state index >= 15 is 0 Å². The molecule has 0 spiro atoms. The SMILES string of the molecule is O=C(N1C[C@@H]2COCC[C@]2(CO)C1)C1(c2ccc(Cl)cc2)CCC1. The molecule has 3 fully saturated rings. The first-order chi connectivity index (χ1) is 11.6. The molecule has 1 N–H and O–H groups in total. The van der Waals surface area contributed by atoms with Crippen LogP contribution in [0.1, 0.15) is 31.2 Å². The minimum atomic E-state index is -0.393. The van der Waals surface area contributed by atoms with E-state index in [1.807, 2.05) is 29.2 Å². The Morgan fingerprint density at radius 3 is 2.62 bits per heavy atom. The van der Waals surface area contributed by atoms with Crippen LogP contribution in [0.4, 0.5) is 0 Å². The van der Waals surface area contributed by atoms with E-state index in [1.165, 1.54) is 0 Å². The van der Waals surface area contributed by atoms with Crippen LogP contribution in [0, 0.1) is 11.3 Å². The highest BCUT2D eigenvalue weighted by Gasteiger charge is 2.54. The van der Waals surface area contributed by atoms with Crippen molar-refractivity contribution in [1.82, 2.24) is 4.90 Å². The Morgan fingerprint density at radius 2 is 2.04 bits per heavy atom. The van der Waals surface area contributed by atoms with E-state index in [1.54, 1.807) is 0 Å². The Kier molecular flexibility index (Phi) is 4.10. The van der Waals surface area contributed by atoms with Crippen molar-refractivity contribution in [3.8, 4) is 0 Å². The van der Waals surface area contributed by atoms with Gasteiger partial charge in [0.2, 0.25) is 5.91 Å². The molecule has 2 aliphatic heterocycles. The summed E-state index contributed by atoms with van der Waals surface area (Å²) < 4.78 is 5.60. The van der Waals surface area contributed by atoms with Crippen molar-refractivity contribution in [2.75, 3.05) is 32.9 Å². The summed E-state index contributed by atoms with van der Waals surface area (Å²) in [5.74, 6) is 0.473. The van der Waals surface area contributed by atoms with Gasteiger partial charge in [0.05, 0.1) is 18.6 Å². The lowest BCUT2D eigenvalue weighted by Crippen LogP contribution is -2.51. The second-order valence-electron chi connectivity index (χ2n) is 7.67. The zero-order valence-electron chi connectivity index (χ0n) is 13.8. The van der Waals surface area contributed by atoms with Gasteiger partial charge in [-0.3, -0.25) is 4.79 Å². The molecule has 4 nitrogen and oxygen atoms in total. The molecular weight excluding hydrogens is 326 g/mol. The van der Waals surface area contributed by atoms with Crippen molar-refractivity contribution in [2.24, 2.45) is 11.3 Å². The van der Waals surface area contributed by atoms with Crippen molar-refractivity contribution >= 4 is 17.5 Å². The van der Waals surface area contributed by atoms with E-state index < -0.39 is 5.41 Å². The topological polar surface area (TPSA) is 49.8 Å². The van der Waals surface area contributed by atoms with Crippen LogP contribution in [0.15, 0.2) is 24.3 Å². The molecule has 2 saturated heterocycles. The molecule has 4 rings (SSSR count). The van der Waals surface area contributed by atoms with Crippen LogP contribution >= 0.6 is 11.6 Å². The third kappa shape index (κ3) is 2.39. The zero-order chi connectivity index (χ0) is 16.8. The summed E-state index contributed by atoms with van der Waals surface area (Å²) in [4.78, 5) is 15.4. The fourth-order valence-electron chi connectivity index (χ4n) is 4.69. The van der Waals surface area contributed by atoms with Crippen LogP contribution in [0.5, 0.6) is 0 Å². The molecule has 2 heterocycles. The molecule has 2 atom stereocenters. The summed E-state index contributed by atoms with van der Waals surface area (Å²) in [5, 5.41) is 10.7. The normalized spacial score (nSPS) is 31.4. The fourth-order valence-corrected chi connectivity index (χ4v) is 4.81. The van der Waals surface area contributed by atoms with Gasteiger partial charge in [0, 0.05) is 36.1 Å². The molecule has 3 aliphatic rings. The van der Waals surface area contributed by atoms with Crippen molar-refractivity contribution < 1.29 is 14.6 Å². The summed E-state index contributed by atoms with van der Waals surface area (Å²) in [7, 11) is 0. The van der Waals surface area contributed by atoms with Crippen LogP contribution in [0.2, 0.25) is 5.02 Å². The standard InChI is InChI=1S/C19H24ClNO3/c20-16-4-2-14(3-5-16)19(6-1-7-19)17(23)21-10-15-11-24-9-8-18(15,12-21)13-22/h2-5,15,22H,1,6-13H2/t15-,18-/m1/s1. The van der Waals surface area contributed by atoms with E-state index in [9.17, 15) is 9.90 Å². The average molecular weight is 350 g/mol. The highest BCUT2D eigenvalue weighted by Crippen LogP contribution is 2.49. The molecule has 130 valence electrons. The quantitative estimate of drug-likeness (QED) is 0.912. The van der Waals surface area contributed by atoms with E-state index in [0.29, 0.717) is 31.3 Å². The third-order valence-corrected chi connectivity index (χ3v) is 6.74. The predicted molar refractivity (Wildman–Crippen MR) is 92.0 cm³/mol. The number of benzene rings is 1. The Labute approximate surface area is 147 Å². The Morgan fingerprint density at radius 1 is 1.29 bits per heavy atom. The van der Waals surface area contributed by atoms with Crippen LogP contribution in [0.25, 0.3) is 0 Å². The zero-order valence-corrected chi connectivity index (χ0v) is 14.6. The monoisotopic (exact) mass is 349 g/mol. The Balaban J connectivity index is 1.60. The first kappa shape index (κ1) is 16.4. The highest BCUT2D eigenvalue weighted by molar-refractivity contribution is 6.30. The van der Waals surface area contributed by atoms with Crippen molar-refractivity contribution in [3.05, 3.63) is 34.9 Å². The number of fused-ring (bicyclic) bond motifs is 1. The number of carbonyl (C=O) groups is 1. The number of likely N-dealkylation sites (tertiary alicyclic amines) is 1. The Hall–Kier alpha value is -1.10. The molecule has 1 aromatic carbocycles. The summed E-state index contributed by atoms with van der Waals surface area (Å²) in [6, 6.07) is 7.73. The molecule has 24 heavy (non-hydrogen) atoms. The molecule has 0 aromatic heterocycles. The maximum atomic E-state index is 13.4. The molecule has 0 radical (unpaired) electrons. The largest absolute Gasteiger partial charge is 0.396 e. The van der Waals surface area contributed by atoms with Crippen LogP contribution in [-0.2, 0) is 14.9 Å². The molecular formula is C19H24ClNO3. The number of aliphatic hydroxyl groups excluding tert-OH is 1. The van der Waals surface area contributed by atoms with Crippen LogP contribution in [0.3, 0.4) is 0 Å². The van der Waals surface area contributed by atoms with Crippen LogP contribution in [-0.4, -0.2) is 48.8 Å². The molecule has 5 heteroatoms. The van der Waals surface area contributed by atoms with Gasteiger partial charge in [-0.2, -0.15) is 0 Å². The molecule has 1 saturated carbocycles. The van der Waals surface area contributed by atoms with Crippen molar-refractivity contribution in [1.29, 1.82) is 0 Å². The maximum Gasteiger partial charge on any atom is 0.233 e. The van der Waals surface area contributed by atoms with E-state index in [2.05, 4.69) is 0 Å².